The molecule has 17 heteroatoms. The summed E-state index contributed by atoms with van der Waals surface area (Å²) in [5.74, 6) is -1.09. The molecule has 4 atom stereocenters. The zero-order valence-electron chi connectivity index (χ0n) is 35.0. The Balaban J connectivity index is 1.26. The fourth-order valence-electron chi connectivity index (χ4n) is 8.34. The Morgan fingerprint density at radius 2 is 1.51 bits per heavy atom. The number of carbonyl (C=O) groups is 3. The van der Waals surface area contributed by atoms with E-state index < -0.39 is 47.2 Å². The second-order valence-corrected chi connectivity index (χ2v) is 25.9. The van der Waals surface area contributed by atoms with Gasteiger partial charge in [0.05, 0.1) is 24.1 Å². The van der Waals surface area contributed by atoms with Crippen LogP contribution < -0.4 is 10.9 Å². The number of nitrogens with one attached hydrogen (secondary N) is 2. The van der Waals surface area contributed by atoms with Crippen LogP contribution in [0.15, 0.2) is 35.4 Å². The standard InChI is InChI=1S/C40H60N6O9Si2/c1-23(2)35(47)43-40-42-34-31(36(48)44-40)41-22-46(34)39-33(51-20-16-12-11-15-19-45-37(49)28-17-13-14-18-29(28)38(45)50)32-30(53-39)21-52-56(24(3)4,25(5)6)55-57(54-32,26(7)8)27(9)10/h13-14,17-18,22-27,30,32-33,39H,11-12,15-16,19-21H2,1-10H3,(H2,42,43,44,47,48)/t30-,32?,33+,39-/m1/s1. The number of anilines is 1. The molecule has 2 saturated heterocycles. The molecule has 0 aliphatic carbocycles. The van der Waals surface area contributed by atoms with Crippen LogP contribution in [0.3, 0.4) is 0 Å². The molecule has 0 spiro atoms. The number of aromatic amines is 1. The molecule has 3 aliphatic heterocycles. The average Bonchev–Trinajstić information content (AvgIpc) is 3.79. The molecule has 0 bridgehead atoms. The van der Waals surface area contributed by atoms with E-state index in [1.807, 2.05) is 0 Å². The largest absolute Gasteiger partial charge is 0.414 e. The van der Waals surface area contributed by atoms with E-state index in [9.17, 15) is 19.2 Å². The van der Waals surface area contributed by atoms with Crippen LogP contribution in [-0.2, 0) is 27.2 Å². The molecule has 15 nitrogen and oxygen atoms in total. The van der Waals surface area contributed by atoms with E-state index in [4.69, 9.17) is 22.4 Å². The van der Waals surface area contributed by atoms with E-state index in [0.717, 1.165) is 12.8 Å². The number of nitrogens with zero attached hydrogens (tertiary/aromatic N) is 4. The zero-order chi connectivity index (χ0) is 41.4. The summed E-state index contributed by atoms with van der Waals surface area (Å²) in [5, 5.41) is 2.70. The number of hydrogen-bond acceptors (Lipinski definition) is 11. The first-order chi connectivity index (χ1) is 27.0. The molecule has 2 N–H and O–H groups in total. The van der Waals surface area contributed by atoms with Crippen molar-refractivity contribution in [2.45, 2.75) is 142 Å². The fraction of sp³-hybridized carbons (Fsp3) is 0.650. The molecule has 312 valence electrons. The third-order valence-electron chi connectivity index (χ3n) is 11.6. The number of imide groups is 1. The molecular formula is C40H60N6O9Si2. The molecule has 6 rings (SSSR count). The number of carbonyl (C=O) groups excluding carboxylic acids is 3. The molecule has 2 aromatic heterocycles. The summed E-state index contributed by atoms with van der Waals surface area (Å²) in [7, 11) is -5.93. The van der Waals surface area contributed by atoms with Crippen molar-refractivity contribution in [1.29, 1.82) is 0 Å². The van der Waals surface area contributed by atoms with E-state index in [1.165, 1.54) is 11.2 Å². The molecule has 3 aliphatic rings. The Kier molecular flexibility index (Phi) is 13.1. The lowest BCUT2D eigenvalue weighted by molar-refractivity contribution is -0.118. The van der Waals surface area contributed by atoms with Gasteiger partial charge in [0.15, 0.2) is 17.4 Å². The number of unbranched alkanes of at least 4 members (excludes halogenated alkanes) is 3. The first kappa shape index (κ1) is 43.0. The third-order valence-corrected chi connectivity index (χ3v) is 21.8. The first-order valence-electron chi connectivity index (χ1n) is 20.5. The third kappa shape index (κ3) is 8.21. The monoisotopic (exact) mass is 824 g/mol. The Morgan fingerprint density at radius 3 is 2.11 bits per heavy atom. The van der Waals surface area contributed by atoms with E-state index in [2.05, 4.69) is 75.7 Å². The summed E-state index contributed by atoms with van der Waals surface area (Å²) < 4.78 is 37.3. The number of fused-ring (bicyclic) bond motifs is 3. The van der Waals surface area contributed by atoms with Crippen molar-refractivity contribution >= 4 is 52.0 Å². The van der Waals surface area contributed by atoms with Gasteiger partial charge in [-0.3, -0.25) is 38.9 Å². The number of amides is 3. The number of imidazole rings is 1. The molecule has 1 aromatic carbocycles. The van der Waals surface area contributed by atoms with Gasteiger partial charge < -0.3 is 22.4 Å². The highest BCUT2D eigenvalue weighted by Crippen LogP contribution is 2.49. The van der Waals surface area contributed by atoms with Crippen LogP contribution in [0.4, 0.5) is 5.95 Å². The Bertz CT molecular complexity index is 1950. The smallest absolute Gasteiger partial charge is 0.335 e. The summed E-state index contributed by atoms with van der Waals surface area (Å²) in [6.07, 6.45) is 1.93. The second-order valence-electron chi connectivity index (χ2n) is 17.1. The fourth-order valence-corrected chi connectivity index (χ4v) is 19.6. The van der Waals surface area contributed by atoms with Gasteiger partial charge in [-0.05, 0) is 47.1 Å². The topological polar surface area (TPSA) is 176 Å². The Hall–Kier alpha value is -3.59. The van der Waals surface area contributed by atoms with Crippen molar-refractivity contribution in [3.8, 4) is 0 Å². The summed E-state index contributed by atoms with van der Waals surface area (Å²) in [5.41, 5.74) is 1.21. The molecule has 1 unspecified atom stereocenters. The number of hydrogen-bond donors (Lipinski definition) is 2. The van der Waals surface area contributed by atoms with Gasteiger partial charge in [0.1, 0.15) is 18.3 Å². The lowest BCUT2D eigenvalue weighted by Gasteiger charge is -2.51. The van der Waals surface area contributed by atoms with Crippen molar-refractivity contribution < 1.29 is 36.8 Å². The number of H-pyrrole nitrogens is 1. The van der Waals surface area contributed by atoms with Gasteiger partial charge in [-0.1, -0.05) is 94.2 Å². The highest BCUT2D eigenvalue weighted by molar-refractivity contribution is 6.84. The van der Waals surface area contributed by atoms with Crippen LogP contribution in [0.5, 0.6) is 0 Å². The normalized spacial score (nSPS) is 23.2. The average molecular weight is 825 g/mol. The zero-order valence-corrected chi connectivity index (χ0v) is 37.0. The molecule has 57 heavy (non-hydrogen) atoms. The molecule has 2 fully saturated rings. The SMILES string of the molecule is CC(C)C(=O)Nc1nc2c(ncn2[C@@H]2O[C@@H]3CO[Si](C(C)C)(C(C)C)O[Si](C(C)C)(C(C)C)OC3[C@@H]2OCCCCCCN2C(=O)c3ccccc3C2=O)c(=O)[nH]1. The molecule has 3 amide bonds. The highest BCUT2D eigenvalue weighted by Gasteiger charge is 2.62. The van der Waals surface area contributed by atoms with Gasteiger partial charge in [0.2, 0.25) is 11.9 Å². The van der Waals surface area contributed by atoms with E-state index >= 15 is 0 Å². The van der Waals surface area contributed by atoms with Gasteiger partial charge in [0.25, 0.3) is 17.4 Å². The second kappa shape index (κ2) is 17.3. The predicted molar refractivity (Wildman–Crippen MR) is 219 cm³/mol. The Labute approximate surface area is 337 Å². The minimum absolute atomic E-state index is 0.0133. The Morgan fingerprint density at radius 1 is 0.895 bits per heavy atom. The lowest BCUT2D eigenvalue weighted by atomic mass is 10.1. The quantitative estimate of drug-likeness (QED) is 0.0936. The summed E-state index contributed by atoms with van der Waals surface area (Å²) in [6, 6.07) is 6.93. The first-order valence-corrected chi connectivity index (χ1v) is 24.5. The van der Waals surface area contributed by atoms with Gasteiger partial charge in [0, 0.05) is 19.1 Å². The number of ether oxygens (including phenoxy) is 2. The summed E-state index contributed by atoms with van der Waals surface area (Å²) in [4.78, 5) is 64.5. The number of rotatable bonds is 15. The molecular weight excluding hydrogens is 765 g/mol. The van der Waals surface area contributed by atoms with Crippen LogP contribution in [0.25, 0.3) is 11.2 Å². The van der Waals surface area contributed by atoms with Crippen molar-refractivity contribution in [3.05, 3.63) is 52.1 Å². The summed E-state index contributed by atoms with van der Waals surface area (Å²) in [6.45, 7) is 21.8. The van der Waals surface area contributed by atoms with E-state index in [1.54, 1.807) is 42.7 Å². The maximum Gasteiger partial charge on any atom is 0.335 e. The summed E-state index contributed by atoms with van der Waals surface area (Å²) >= 11 is 0. The maximum absolute atomic E-state index is 13.2. The van der Waals surface area contributed by atoms with Crippen LogP contribution in [-0.4, -0.2) is 97.3 Å². The van der Waals surface area contributed by atoms with Crippen LogP contribution in [0, 0.1) is 5.92 Å². The van der Waals surface area contributed by atoms with Crippen molar-refractivity contribution in [3.63, 3.8) is 0 Å². The van der Waals surface area contributed by atoms with Crippen molar-refractivity contribution in [1.82, 2.24) is 24.4 Å². The van der Waals surface area contributed by atoms with Gasteiger partial charge in [-0.25, -0.2) is 4.98 Å². The minimum atomic E-state index is -3.06. The molecule has 5 heterocycles. The molecule has 0 saturated carbocycles. The van der Waals surface area contributed by atoms with Gasteiger partial charge >= 0.3 is 17.1 Å². The molecule has 3 aromatic rings. The maximum atomic E-state index is 13.2. The van der Waals surface area contributed by atoms with Crippen molar-refractivity contribution in [2.75, 3.05) is 25.1 Å². The lowest BCUT2D eigenvalue weighted by Crippen LogP contribution is -2.66. The highest BCUT2D eigenvalue weighted by atomic mass is 28.5. The van der Waals surface area contributed by atoms with Gasteiger partial charge in [-0.15, -0.1) is 0 Å². The minimum Gasteiger partial charge on any atom is -0.414 e. The van der Waals surface area contributed by atoms with Gasteiger partial charge in [-0.2, -0.15) is 4.98 Å². The number of aromatic nitrogens is 4. The predicted octanol–water partition coefficient (Wildman–Crippen LogP) is 6.81. The van der Waals surface area contributed by atoms with Crippen molar-refractivity contribution in [2.24, 2.45) is 5.92 Å². The number of benzene rings is 1. The van der Waals surface area contributed by atoms with E-state index in [0.29, 0.717) is 37.1 Å². The van der Waals surface area contributed by atoms with Crippen LogP contribution in [0.2, 0.25) is 22.2 Å². The van der Waals surface area contributed by atoms with E-state index in [-0.39, 0.29) is 69.5 Å². The van der Waals surface area contributed by atoms with Crippen LogP contribution >= 0.6 is 0 Å². The van der Waals surface area contributed by atoms with Crippen LogP contribution in [0.1, 0.15) is 122 Å². The molecule has 0 radical (unpaired) electrons.